The number of nitrogens with one attached hydrogen (secondary N) is 1. The van der Waals surface area contributed by atoms with Crippen LogP contribution >= 0.6 is 0 Å². The van der Waals surface area contributed by atoms with E-state index >= 15 is 0 Å². The van der Waals surface area contributed by atoms with E-state index in [-0.39, 0.29) is 17.5 Å². The van der Waals surface area contributed by atoms with Crippen LogP contribution in [0.3, 0.4) is 0 Å². The van der Waals surface area contributed by atoms with Crippen molar-refractivity contribution in [1.82, 2.24) is 9.71 Å². The maximum atomic E-state index is 12.0. The maximum Gasteiger partial charge on any atom is 0.242 e. The maximum absolute atomic E-state index is 12.0. The van der Waals surface area contributed by atoms with Gasteiger partial charge in [0.2, 0.25) is 10.0 Å². The molecule has 1 heterocycles. The summed E-state index contributed by atoms with van der Waals surface area (Å²) in [5.74, 6) is 0.709. The average molecular weight is 292 g/mol. The molecule has 6 heteroatoms. The van der Waals surface area contributed by atoms with Crippen molar-refractivity contribution in [3.05, 3.63) is 54.9 Å². The van der Waals surface area contributed by atoms with Crippen LogP contribution in [0.2, 0.25) is 0 Å². The molecule has 0 aliphatic rings. The van der Waals surface area contributed by atoms with Crippen LogP contribution < -0.4 is 9.46 Å². The zero-order valence-electron chi connectivity index (χ0n) is 11.1. The Morgan fingerprint density at radius 2 is 1.95 bits per heavy atom. The van der Waals surface area contributed by atoms with Crippen molar-refractivity contribution in [2.75, 3.05) is 6.54 Å². The van der Waals surface area contributed by atoms with Gasteiger partial charge in [0.15, 0.2) is 0 Å². The highest BCUT2D eigenvalue weighted by atomic mass is 32.2. The predicted molar refractivity (Wildman–Crippen MR) is 76.0 cm³/mol. The Morgan fingerprint density at radius 1 is 1.20 bits per heavy atom. The fraction of sp³-hybridized carbons (Fsp3) is 0.214. The number of hydrogen-bond donors (Lipinski definition) is 1. The van der Waals surface area contributed by atoms with Crippen molar-refractivity contribution in [3.8, 4) is 5.75 Å². The number of ether oxygens (including phenoxy) is 1. The fourth-order valence-corrected chi connectivity index (χ4v) is 2.67. The molecule has 2 rings (SSSR count). The highest BCUT2D eigenvalue weighted by Crippen LogP contribution is 2.11. The minimum Gasteiger partial charge on any atom is -0.489 e. The summed E-state index contributed by atoms with van der Waals surface area (Å²) in [5.41, 5.74) is 0. The lowest BCUT2D eigenvalue weighted by Crippen LogP contribution is -2.33. The van der Waals surface area contributed by atoms with Gasteiger partial charge < -0.3 is 4.74 Å². The number of pyridine rings is 1. The highest BCUT2D eigenvalue weighted by Gasteiger charge is 2.15. The summed E-state index contributed by atoms with van der Waals surface area (Å²) in [6.45, 7) is 1.99. The van der Waals surface area contributed by atoms with E-state index in [9.17, 15) is 8.42 Å². The second-order valence-corrected chi connectivity index (χ2v) is 6.05. The Morgan fingerprint density at radius 3 is 2.60 bits per heavy atom. The van der Waals surface area contributed by atoms with E-state index in [2.05, 4.69) is 9.71 Å². The lowest BCUT2D eigenvalue weighted by atomic mass is 10.3. The normalized spacial score (nSPS) is 12.8. The molecular formula is C14H16N2O3S. The number of rotatable bonds is 6. The molecule has 1 unspecified atom stereocenters. The summed E-state index contributed by atoms with van der Waals surface area (Å²) in [4.78, 5) is 3.94. The van der Waals surface area contributed by atoms with E-state index in [1.807, 2.05) is 30.3 Å². The Kier molecular flexibility index (Phi) is 4.70. The predicted octanol–water partition coefficient (Wildman–Crippen LogP) is 1.83. The molecule has 20 heavy (non-hydrogen) atoms. The molecule has 5 nitrogen and oxygen atoms in total. The van der Waals surface area contributed by atoms with Gasteiger partial charge in [-0.1, -0.05) is 18.2 Å². The van der Waals surface area contributed by atoms with Crippen molar-refractivity contribution in [1.29, 1.82) is 0 Å². The average Bonchev–Trinajstić information content (AvgIpc) is 2.47. The molecule has 0 aliphatic heterocycles. The van der Waals surface area contributed by atoms with Gasteiger partial charge in [0.05, 0.1) is 0 Å². The molecule has 0 bridgehead atoms. The monoisotopic (exact) mass is 292 g/mol. The van der Waals surface area contributed by atoms with Crippen LogP contribution in [0.4, 0.5) is 0 Å². The second kappa shape index (κ2) is 6.49. The molecule has 1 aromatic carbocycles. The van der Waals surface area contributed by atoms with Gasteiger partial charge in [0.25, 0.3) is 0 Å². The molecular weight excluding hydrogens is 276 g/mol. The summed E-state index contributed by atoms with van der Waals surface area (Å²) in [7, 11) is -3.54. The van der Waals surface area contributed by atoms with Crippen LogP contribution in [0, 0.1) is 0 Å². The molecule has 0 fully saturated rings. The summed E-state index contributed by atoms with van der Waals surface area (Å²) in [6, 6.07) is 12.3. The van der Waals surface area contributed by atoms with E-state index in [1.165, 1.54) is 18.5 Å². The molecule has 1 atom stereocenters. The van der Waals surface area contributed by atoms with Crippen molar-refractivity contribution in [2.24, 2.45) is 0 Å². The zero-order valence-corrected chi connectivity index (χ0v) is 11.9. The Balaban J connectivity index is 1.92. The number of para-hydroxylation sites is 1. The molecule has 0 saturated heterocycles. The van der Waals surface area contributed by atoms with Crippen molar-refractivity contribution in [2.45, 2.75) is 17.9 Å². The highest BCUT2D eigenvalue weighted by molar-refractivity contribution is 7.89. The number of hydrogen-bond acceptors (Lipinski definition) is 4. The van der Waals surface area contributed by atoms with Crippen LogP contribution in [0.5, 0.6) is 5.75 Å². The first-order valence-corrected chi connectivity index (χ1v) is 7.67. The van der Waals surface area contributed by atoms with Crippen molar-refractivity contribution in [3.63, 3.8) is 0 Å². The molecule has 0 amide bonds. The third kappa shape index (κ3) is 4.04. The van der Waals surface area contributed by atoms with Crippen LogP contribution in [0.1, 0.15) is 6.92 Å². The van der Waals surface area contributed by atoms with Gasteiger partial charge in [-0.2, -0.15) is 0 Å². The SMILES string of the molecule is CC(CNS(=O)(=O)c1cccnc1)Oc1ccccc1. The van der Waals surface area contributed by atoms with E-state index < -0.39 is 10.0 Å². The van der Waals surface area contributed by atoms with Crippen molar-refractivity contribution < 1.29 is 13.2 Å². The first kappa shape index (κ1) is 14.5. The van der Waals surface area contributed by atoms with Crippen molar-refractivity contribution >= 4 is 10.0 Å². The molecule has 106 valence electrons. The first-order chi connectivity index (χ1) is 9.58. The van der Waals surface area contributed by atoms with E-state index in [0.29, 0.717) is 5.75 Å². The lowest BCUT2D eigenvalue weighted by molar-refractivity contribution is 0.225. The third-order valence-corrected chi connectivity index (χ3v) is 3.99. The fourth-order valence-electron chi connectivity index (χ4n) is 1.59. The molecule has 0 radical (unpaired) electrons. The molecule has 2 aromatic rings. The topological polar surface area (TPSA) is 68.3 Å². The first-order valence-electron chi connectivity index (χ1n) is 6.19. The van der Waals surface area contributed by atoms with Gasteiger partial charge in [-0.3, -0.25) is 4.98 Å². The largest absolute Gasteiger partial charge is 0.489 e. The second-order valence-electron chi connectivity index (χ2n) is 4.28. The molecule has 1 N–H and O–H groups in total. The third-order valence-electron chi connectivity index (χ3n) is 2.59. The summed E-state index contributed by atoms with van der Waals surface area (Å²) >= 11 is 0. The number of benzene rings is 1. The number of aromatic nitrogens is 1. The molecule has 0 spiro atoms. The standard InChI is InChI=1S/C14H16N2O3S/c1-12(19-13-6-3-2-4-7-13)10-16-20(17,18)14-8-5-9-15-11-14/h2-9,11-12,16H,10H2,1H3. The Hall–Kier alpha value is -1.92. The van der Waals surface area contributed by atoms with Gasteiger partial charge in [0.1, 0.15) is 16.7 Å². The summed E-state index contributed by atoms with van der Waals surface area (Å²) in [5, 5.41) is 0. The van der Waals surface area contributed by atoms with Crippen LogP contribution in [0.25, 0.3) is 0 Å². The molecule has 0 aliphatic carbocycles. The number of nitrogens with zero attached hydrogens (tertiary/aromatic N) is 1. The lowest BCUT2D eigenvalue weighted by Gasteiger charge is -2.15. The van der Waals surface area contributed by atoms with Crippen LogP contribution in [0.15, 0.2) is 59.8 Å². The summed E-state index contributed by atoms with van der Waals surface area (Å²) in [6.07, 6.45) is 2.56. The van der Waals surface area contributed by atoms with Gasteiger partial charge in [-0.25, -0.2) is 13.1 Å². The van der Waals surface area contributed by atoms with E-state index in [0.717, 1.165) is 0 Å². The summed E-state index contributed by atoms with van der Waals surface area (Å²) < 4.78 is 32.1. The quantitative estimate of drug-likeness (QED) is 0.882. The molecule has 1 aromatic heterocycles. The van der Waals surface area contributed by atoms with E-state index in [1.54, 1.807) is 13.0 Å². The Bertz CT molecular complexity index is 630. The minimum atomic E-state index is -3.54. The number of sulfonamides is 1. The van der Waals surface area contributed by atoms with Gasteiger partial charge in [-0.15, -0.1) is 0 Å². The van der Waals surface area contributed by atoms with Gasteiger partial charge in [0, 0.05) is 18.9 Å². The minimum absolute atomic E-state index is 0.145. The molecule has 0 saturated carbocycles. The van der Waals surface area contributed by atoms with Crippen LogP contribution in [-0.4, -0.2) is 26.1 Å². The zero-order chi connectivity index (χ0) is 14.4. The van der Waals surface area contributed by atoms with E-state index in [4.69, 9.17) is 4.74 Å². The van der Waals surface area contributed by atoms with Gasteiger partial charge >= 0.3 is 0 Å². The smallest absolute Gasteiger partial charge is 0.242 e. The van der Waals surface area contributed by atoms with Gasteiger partial charge in [-0.05, 0) is 31.2 Å². The van der Waals surface area contributed by atoms with Crippen LogP contribution in [-0.2, 0) is 10.0 Å². The Labute approximate surface area is 118 Å².